The molecule has 7 nitrogen and oxygen atoms in total. The summed E-state index contributed by atoms with van der Waals surface area (Å²) in [6.45, 7) is 2.76. The van der Waals surface area contributed by atoms with Gasteiger partial charge in [0.2, 0.25) is 10.0 Å². The summed E-state index contributed by atoms with van der Waals surface area (Å²) in [4.78, 5) is 9.31. The lowest BCUT2D eigenvalue weighted by atomic mass is 10.3. The van der Waals surface area contributed by atoms with Crippen molar-refractivity contribution in [2.75, 3.05) is 5.32 Å². The first-order valence-electron chi connectivity index (χ1n) is 8.86. The third kappa shape index (κ3) is 4.45. The van der Waals surface area contributed by atoms with E-state index >= 15 is 0 Å². The van der Waals surface area contributed by atoms with Crippen molar-refractivity contribution < 1.29 is 8.42 Å². The van der Waals surface area contributed by atoms with Crippen molar-refractivity contribution in [2.24, 2.45) is 5.14 Å². The van der Waals surface area contributed by atoms with Crippen molar-refractivity contribution in [3.8, 4) is 0 Å². The number of nitrogens with zero attached hydrogens (tertiary/aromatic N) is 3. The minimum Gasteiger partial charge on any atom is -0.332 e. The highest BCUT2D eigenvalue weighted by molar-refractivity contribution is 7.98. The summed E-state index contributed by atoms with van der Waals surface area (Å²) in [7, 11) is -3.75. The van der Waals surface area contributed by atoms with Gasteiger partial charge in [0.1, 0.15) is 0 Å². The van der Waals surface area contributed by atoms with Crippen LogP contribution in [-0.4, -0.2) is 23.0 Å². The average Bonchev–Trinajstić information content (AvgIpc) is 3.29. The molecule has 0 radical (unpaired) electrons. The zero-order valence-electron chi connectivity index (χ0n) is 15.6. The van der Waals surface area contributed by atoms with Gasteiger partial charge in [-0.15, -0.1) is 11.3 Å². The van der Waals surface area contributed by atoms with Gasteiger partial charge in [-0.2, -0.15) is 0 Å². The van der Waals surface area contributed by atoms with Crippen LogP contribution in [0.2, 0.25) is 0 Å². The number of nitrogens with one attached hydrogen (secondary N) is 1. The summed E-state index contributed by atoms with van der Waals surface area (Å²) in [5.41, 5.74) is 3.45. The van der Waals surface area contributed by atoms with E-state index in [9.17, 15) is 8.42 Å². The van der Waals surface area contributed by atoms with Gasteiger partial charge in [-0.25, -0.2) is 23.5 Å². The number of imidazole rings is 1. The van der Waals surface area contributed by atoms with Crippen LogP contribution < -0.4 is 10.5 Å². The number of benzene rings is 2. The third-order valence-electron chi connectivity index (χ3n) is 4.26. The average molecular weight is 446 g/mol. The minimum absolute atomic E-state index is 0.0680. The number of fused-ring (bicyclic) bond motifs is 1. The normalized spacial score (nSPS) is 11.8. The first-order chi connectivity index (χ1) is 13.9. The molecule has 0 aliphatic carbocycles. The summed E-state index contributed by atoms with van der Waals surface area (Å²) < 4.78 is 25.3. The Hall–Kier alpha value is -2.40. The number of para-hydroxylation sites is 1. The second kappa shape index (κ2) is 8.15. The predicted molar refractivity (Wildman–Crippen MR) is 118 cm³/mol. The minimum atomic E-state index is -3.75. The van der Waals surface area contributed by atoms with E-state index in [4.69, 9.17) is 5.14 Å². The molecular weight excluding hydrogens is 426 g/mol. The summed E-state index contributed by atoms with van der Waals surface area (Å²) in [6.07, 6.45) is 0. The number of aryl methyl sites for hydroxylation is 1. The highest BCUT2D eigenvalue weighted by Crippen LogP contribution is 2.29. The summed E-state index contributed by atoms with van der Waals surface area (Å²) >= 11 is 3.13. The molecule has 0 atom stereocenters. The maximum atomic E-state index is 11.6. The number of sulfonamides is 1. The van der Waals surface area contributed by atoms with Crippen molar-refractivity contribution in [1.29, 1.82) is 0 Å². The van der Waals surface area contributed by atoms with Crippen LogP contribution in [0.15, 0.2) is 64.0 Å². The predicted octanol–water partition coefficient (Wildman–Crippen LogP) is 4.20. The molecule has 0 aliphatic rings. The molecular formula is C19H19N5O2S3. The van der Waals surface area contributed by atoms with E-state index in [0.717, 1.165) is 33.7 Å². The van der Waals surface area contributed by atoms with E-state index in [0.29, 0.717) is 11.3 Å². The van der Waals surface area contributed by atoms with Crippen molar-refractivity contribution in [2.45, 2.75) is 29.3 Å². The number of hydrogen-bond acceptors (Lipinski definition) is 7. The number of hydrogen-bond donors (Lipinski definition) is 2. The van der Waals surface area contributed by atoms with Gasteiger partial charge >= 0.3 is 0 Å². The Kier molecular flexibility index (Phi) is 5.59. The molecule has 0 spiro atoms. The van der Waals surface area contributed by atoms with Crippen molar-refractivity contribution in [1.82, 2.24) is 14.5 Å². The number of thioether (sulfide) groups is 1. The number of anilines is 2. The molecule has 0 amide bonds. The van der Waals surface area contributed by atoms with Crippen LogP contribution in [0.5, 0.6) is 0 Å². The van der Waals surface area contributed by atoms with Gasteiger partial charge < -0.3 is 9.88 Å². The molecule has 2 aromatic carbocycles. The maximum absolute atomic E-state index is 11.6. The van der Waals surface area contributed by atoms with E-state index in [1.165, 1.54) is 12.1 Å². The van der Waals surface area contributed by atoms with Gasteiger partial charge in [0.15, 0.2) is 10.3 Å². The SMILES string of the molecule is CCn1c(SCc2csc(Nc3ccccc3)n2)nc2cc(S(N)(=O)=O)ccc21. The highest BCUT2D eigenvalue weighted by atomic mass is 32.2. The van der Waals surface area contributed by atoms with E-state index < -0.39 is 10.0 Å². The van der Waals surface area contributed by atoms with Crippen LogP contribution in [-0.2, 0) is 22.3 Å². The van der Waals surface area contributed by atoms with Crippen LogP contribution in [0.1, 0.15) is 12.6 Å². The van der Waals surface area contributed by atoms with Crippen LogP contribution in [0.3, 0.4) is 0 Å². The van der Waals surface area contributed by atoms with Gasteiger partial charge in [-0.05, 0) is 37.3 Å². The molecule has 0 unspecified atom stereocenters. The molecule has 4 rings (SSSR count). The van der Waals surface area contributed by atoms with Gasteiger partial charge in [0.05, 0.1) is 21.6 Å². The Bertz CT molecular complexity index is 1250. The Morgan fingerprint density at radius 2 is 1.97 bits per heavy atom. The van der Waals surface area contributed by atoms with Crippen molar-refractivity contribution in [3.63, 3.8) is 0 Å². The Morgan fingerprint density at radius 3 is 2.69 bits per heavy atom. The number of thiazole rings is 1. The number of nitrogens with two attached hydrogens (primary N) is 1. The fraction of sp³-hybridized carbons (Fsp3) is 0.158. The fourth-order valence-electron chi connectivity index (χ4n) is 2.89. The fourth-order valence-corrected chi connectivity index (χ4v) is 5.23. The monoisotopic (exact) mass is 445 g/mol. The number of aromatic nitrogens is 3. The topological polar surface area (TPSA) is 103 Å². The smallest absolute Gasteiger partial charge is 0.238 e. The third-order valence-corrected chi connectivity index (χ3v) is 6.98. The Labute approximate surface area is 177 Å². The summed E-state index contributed by atoms with van der Waals surface area (Å²) in [5.74, 6) is 0.665. The van der Waals surface area contributed by atoms with Crippen LogP contribution >= 0.6 is 23.1 Å². The zero-order chi connectivity index (χ0) is 20.4. The molecule has 2 heterocycles. The highest BCUT2D eigenvalue weighted by Gasteiger charge is 2.15. The molecule has 2 aromatic heterocycles. The van der Waals surface area contributed by atoms with Crippen molar-refractivity contribution in [3.05, 3.63) is 59.6 Å². The summed E-state index contributed by atoms with van der Waals surface area (Å²) in [6, 6.07) is 14.7. The van der Waals surface area contributed by atoms with E-state index in [1.54, 1.807) is 29.2 Å². The summed E-state index contributed by atoms with van der Waals surface area (Å²) in [5, 5.41) is 12.2. The van der Waals surface area contributed by atoms with E-state index in [1.807, 2.05) is 42.6 Å². The van der Waals surface area contributed by atoms with Crippen molar-refractivity contribution >= 4 is 55.0 Å². The van der Waals surface area contributed by atoms with Crippen LogP contribution in [0, 0.1) is 0 Å². The van der Waals surface area contributed by atoms with Gasteiger partial charge in [-0.3, -0.25) is 0 Å². The molecule has 3 N–H and O–H groups in total. The number of rotatable bonds is 7. The largest absolute Gasteiger partial charge is 0.332 e. The quantitative estimate of drug-likeness (QED) is 0.413. The number of primary sulfonamides is 1. The first kappa shape index (κ1) is 19.9. The second-order valence-corrected chi connectivity index (χ2v) is 9.62. The molecule has 0 saturated heterocycles. The lowest BCUT2D eigenvalue weighted by Crippen LogP contribution is -2.11. The second-order valence-electron chi connectivity index (χ2n) is 6.26. The van der Waals surface area contributed by atoms with Gasteiger partial charge in [0.25, 0.3) is 0 Å². The zero-order valence-corrected chi connectivity index (χ0v) is 18.0. The van der Waals surface area contributed by atoms with E-state index in [2.05, 4.69) is 19.9 Å². The molecule has 29 heavy (non-hydrogen) atoms. The van der Waals surface area contributed by atoms with Crippen LogP contribution in [0.25, 0.3) is 11.0 Å². The first-order valence-corrected chi connectivity index (χ1v) is 12.3. The van der Waals surface area contributed by atoms with Gasteiger partial charge in [0, 0.05) is 23.4 Å². The Morgan fingerprint density at radius 1 is 1.17 bits per heavy atom. The molecule has 0 bridgehead atoms. The van der Waals surface area contributed by atoms with Gasteiger partial charge in [-0.1, -0.05) is 30.0 Å². The lowest BCUT2D eigenvalue weighted by Gasteiger charge is -2.05. The maximum Gasteiger partial charge on any atom is 0.238 e. The molecule has 0 fully saturated rings. The molecule has 0 saturated carbocycles. The molecule has 150 valence electrons. The molecule has 0 aliphatic heterocycles. The van der Waals surface area contributed by atoms with Crippen LogP contribution in [0.4, 0.5) is 10.8 Å². The molecule has 4 aromatic rings. The standard InChI is InChI=1S/C19H19N5O2S3/c1-2-24-17-9-8-15(29(20,25)26)10-16(17)23-19(24)28-12-14-11-27-18(22-14)21-13-6-4-3-5-7-13/h3-11H,2,12H2,1H3,(H,21,22)(H2,20,25,26). The van der Waals surface area contributed by atoms with E-state index in [-0.39, 0.29) is 4.90 Å². The lowest BCUT2D eigenvalue weighted by molar-refractivity contribution is 0.598. The Balaban J connectivity index is 1.52. The molecule has 10 heteroatoms.